The van der Waals surface area contributed by atoms with Crippen LogP contribution in [0.15, 0.2) is 23.1 Å². The van der Waals surface area contributed by atoms with Crippen LogP contribution in [0.1, 0.15) is 32.3 Å². The minimum absolute atomic E-state index is 0.00325. The molecule has 1 aliphatic heterocycles. The van der Waals surface area contributed by atoms with Gasteiger partial charge in [0.25, 0.3) is 0 Å². The third-order valence-electron chi connectivity index (χ3n) is 3.71. The average Bonchev–Trinajstić information content (AvgIpc) is 2.38. The van der Waals surface area contributed by atoms with E-state index in [1.54, 1.807) is 18.2 Å². The summed E-state index contributed by atoms with van der Waals surface area (Å²) in [6.07, 6.45) is 1.91. The van der Waals surface area contributed by atoms with Crippen molar-refractivity contribution < 1.29 is 8.42 Å². The van der Waals surface area contributed by atoms with Gasteiger partial charge in [-0.1, -0.05) is 31.5 Å². The molecule has 112 valence electrons. The first kappa shape index (κ1) is 15.8. The molecule has 1 saturated heterocycles. The van der Waals surface area contributed by atoms with Gasteiger partial charge < -0.3 is 5.73 Å². The molecule has 0 aliphatic carbocycles. The van der Waals surface area contributed by atoms with Crippen molar-refractivity contribution in [1.82, 2.24) is 4.31 Å². The van der Waals surface area contributed by atoms with Crippen LogP contribution >= 0.6 is 11.6 Å². The molecule has 0 spiro atoms. The molecule has 20 heavy (non-hydrogen) atoms. The first-order chi connectivity index (χ1) is 9.26. The van der Waals surface area contributed by atoms with E-state index < -0.39 is 10.0 Å². The summed E-state index contributed by atoms with van der Waals surface area (Å²) in [5, 5.41) is 0.255. The molecule has 1 heterocycles. The lowest BCUT2D eigenvalue weighted by atomic mass is 9.85. The molecular formula is C14H21ClN2O2S. The van der Waals surface area contributed by atoms with Gasteiger partial charge in [0.05, 0.1) is 5.02 Å². The largest absolute Gasteiger partial charge is 0.326 e. The number of rotatable bonds is 3. The fourth-order valence-electron chi connectivity index (χ4n) is 2.59. The first-order valence-electron chi connectivity index (χ1n) is 6.75. The van der Waals surface area contributed by atoms with Crippen molar-refractivity contribution in [2.75, 3.05) is 13.1 Å². The highest BCUT2D eigenvalue weighted by Gasteiger charge is 2.35. The maximum atomic E-state index is 12.8. The number of piperidine rings is 1. The van der Waals surface area contributed by atoms with Crippen molar-refractivity contribution >= 4 is 21.6 Å². The molecule has 6 heteroatoms. The maximum absolute atomic E-state index is 12.8. The predicted molar refractivity (Wildman–Crippen MR) is 81.1 cm³/mol. The van der Waals surface area contributed by atoms with E-state index >= 15 is 0 Å². The van der Waals surface area contributed by atoms with E-state index in [1.807, 2.05) is 0 Å². The summed E-state index contributed by atoms with van der Waals surface area (Å²) in [6, 6.07) is 4.94. The van der Waals surface area contributed by atoms with Gasteiger partial charge >= 0.3 is 0 Å². The highest BCUT2D eigenvalue weighted by Crippen LogP contribution is 2.33. The second-order valence-corrected chi connectivity index (χ2v) is 8.39. The van der Waals surface area contributed by atoms with Gasteiger partial charge in [-0.25, -0.2) is 8.42 Å². The lowest BCUT2D eigenvalue weighted by Gasteiger charge is -2.37. The fraction of sp³-hybridized carbons (Fsp3) is 0.571. The van der Waals surface area contributed by atoms with Crippen molar-refractivity contribution in [3.8, 4) is 0 Å². The normalized spacial score (nSPS) is 20.0. The van der Waals surface area contributed by atoms with Crippen molar-refractivity contribution in [2.45, 2.75) is 38.1 Å². The summed E-state index contributed by atoms with van der Waals surface area (Å²) < 4.78 is 27.1. The Bertz CT molecular complexity index is 599. The number of hydrogen-bond acceptors (Lipinski definition) is 3. The highest BCUT2D eigenvalue weighted by molar-refractivity contribution is 7.89. The van der Waals surface area contributed by atoms with E-state index in [2.05, 4.69) is 13.8 Å². The Hall–Kier alpha value is -0.620. The second-order valence-electron chi connectivity index (χ2n) is 6.08. The molecule has 0 saturated carbocycles. The van der Waals surface area contributed by atoms with Gasteiger partial charge in [-0.3, -0.25) is 0 Å². The smallest absolute Gasteiger partial charge is 0.244 e. The van der Waals surface area contributed by atoms with E-state index in [-0.39, 0.29) is 15.3 Å². The summed E-state index contributed by atoms with van der Waals surface area (Å²) in [7, 11) is -3.55. The molecule has 1 fully saturated rings. The summed E-state index contributed by atoms with van der Waals surface area (Å²) in [5.74, 6) is 0. The van der Waals surface area contributed by atoms with Gasteiger partial charge in [-0.2, -0.15) is 4.31 Å². The molecule has 1 aliphatic rings. The Morgan fingerprint density at radius 1 is 1.40 bits per heavy atom. The zero-order valence-electron chi connectivity index (χ0n) is 11.9. The molecule has 1 aromatic carbocycles. The lowest BCUT2D eigenvalue weighted by molar-refractivity contribution is 0.187. The Morgan fingerprint density at radius 2 is 2.10 bits per heavy atom. The van der Waals surface area contributed by atoms with E-state index in [0.29, 0.717) is 19.6 Å². The van der Waals surface area contributed by atoms with Crippen LogP contribution in [-0.4, -0.2) is 25.8 Å². The maximum Gasteiger partial charge on any atom is 0.244 e. The van der Waals surface area contributed by atoms with Crippen LogP contribution < -0.4 is 5.73 Å². The van der Waals surface area contributed by atoms with Gasteiger partial charge in [0, 0.05) is 19.6 Å². The molecule has 4 nitrogen and oxygen atoms in total. The van der Waals surface area contributed by atoms with Crippen molar-refractivity contribution in [1.29, 1.82) is 0 Å². The molecule has 0 bridgehead atoms. The van der Waals surface area contributed by atoms with E-state index in [0.717, 1.165) is 18.4 Å². The third kappa shape index (κ3) is 3.17. The minimum Gasteiger partial charge on any atom is -0.326 e. The van der Waals surface area contributed by atoms with Gasteiger partial charge in [-0.05, 0) is 36.0 Å². The third-order valence-corrected chi connectivity index (χ3v) is 6.04. The SMILES string of the molecule is CC1(C)CCCN(S(=O)(=O)c2cc(CN)ccc2Cl)C1. The Balaban J connectivity index is 2.40. The predicted octanol–water partition coefficient (Wildman–Crippen LogP) is 2.61. The zero-order chi connectivity index (χ0) is 15.0. The van der Waals surface area contributed by atoms with Gasteiger partial charge in [0.1, 0.15) is 4.90 Å². The van der Waals surface area contributed by atoms with Crippen molar-refractivity contribution in [2.24, 2.45) is 11.1 Å². The number of nitrogens with two attached hydrogens (primary N) is 1. The molecule has 0 aromatic heterocycles. The number of hydrogen-bond donors (Lipinski definition) is 1. The second kappa shape index (κ2) is 5.64. The van der Waals surface area contributed by atoms with Crippen molar-refractivity contribution in [3.63, 3.8) is 0 Å². The minimum atomic E-state index is -3.55. The molecular weight excluding hydrogens is 296 g/mol. The number of nitrogens with zero attached hydrogens (tertiary/aromatic N) is 1. The van der Waals surface area contributed by atoms with E-state index in [9.17, 15) is 8.42 Å². The molecule has 0 amide bonds. The average molecular weight is 317 g/mol. The molecule has 2 N–H and O–H groups in total. The van der Waals surface area contributed by atoms with Crippen LogP contribution in [0, 0.1) is 5.41 Å². The molecule has 0 atom stereocenters. The van der Waals surface area contributed by atoms with Gasteiger partial charge in [0.2, 0.25) is 10.0 Å². The summed E-state index contributed by atoms with van der Waals surface area (Å²) in [4.78, 5) is 0.166. The molecule has 0 radical (unpaired) electrons. The number of benzene rings is 1. The quantitative estimate of drug-likeness (QED) is 0.932. The fourth-order valence-corrected chi connectivity index (χ4v) is 4.78. The number of sulfonamides is 1. The standard InChI is InChI=1S/C14H21ClN2O2S/c1-14(2)6-3-7-17(10-14)20(18,19)13-8-11(9-16)4-5-12(13)15/h4-5,8H,3,6-7,9-10,16H2,1-2H3. The molecule has 0 unspecified atom stereocenters. The Labute approximate surface area is 126 Å². The lowest BCUT2D eigenvalue weighted by Crippen LogP contribution is -2.43. The van der Waals surface area contributed by atoms with Crippen LogP contribution in [-0.2, 0) is 16.6 Å². The van der Waals surface area contributed by atoms with E-state index in [4.69, 9.17) is 17.3 Å². The van der Waals surface area contributed by atoms with Crippen LogP contribution in [0.5, 0.6) is 0 Å². The van der Waals surface area contributed by atoms with Gasteiger partial charge in [-0.15, -0.1) is 0 Å². The monoisotopic (exact) mass is 316 g/mol. The summed E-state index contributed by atoms with van der Waals surface area (Å²) in [5.41, 5.74) is 6.35. The summed E-state index contributed by atoms with van der Waals surface area (Å²) in [6.45, 7) is 5.55. The van der Waals surface area contributed by atoms with Crippen molar-refractivity contribution in [3.05, 3.63) is 28.8 Å². The van der Waals surface area contributed by atoms with Gasteiger partial charge in [0.15, 0.2) is 0 Å². The topological polar surface area (TPSA) is 63.4 Å². The van der Waals surface area contributed by atoms with E-state index in [1.165, 1.54) is 4.31 Å². The van der Waals surface area contributed by atoms with Crippen LogP contribution in [0.2, 0.25) is 5.02 Å². The number of halogens is 1. The molecule has 2 rings (SSSR count). The first-order valence-corrected chi connectivity index (χ1v) is 8.57. The van der Waals surface area contributed by atoms with Crippen LogP contribution in [0.25, 0.3) is 0 Å². The van der Waals surface area contributed by atoms with Crippen LogP contribution in [0.3, 0.4) is 0 Å². The van der Waals surface area contributed by atoms with Crippen LogP contribution in [0.4, 0.5) is 0 Å². The Kier molecular flexibility index (Phi) is 4.44. The summed E-state index contributed by atoms with van der Waals surface area (Å²) >= 11 is 6.08. The highest BCUT2D eigenvalue weighted by atomic mass is 35.5. The Morgan fingerprint density at radius 3 is 2.70 bits per heavy atom. The molecule has 1 aromatic rings. The zero-order valence-corrected chi connectivity index (χ0v) is 13.5.